The minimum atomic E-state index is 0.0104. The highest BCUT2D eigenvalue weighted by Crippen LogP contribution is 2.34. The highest BCUT2D eigenvalue weighted by molar-refractivity contribution is 5.74. The van der Waals surface area contributed by atoms with Crippen molar-refractivity contribution in [2.75, 3.05) is 33.0 Å². The van der Waals surface area contributed by atoms with Gasteiger partial charge in [0.05, 0.1) is 6.54 Å². The molecule has 0 aliphatic carbocycles. The largest absolute Gasteiger partial charge is 0.492 e. The molecule has 2 heterocycles. The molecule has 1 fully saturated rings. The number of likely N-dealkylation sites (tertiary alicyclic amines) is 1. The number of fused-ring (bicyclic) bond motifs is 1. The lowest BCUT2D eigenvalue weighted by Crippen LogP contribution is -2.41. The summed E-state index contributed by atoms with van der Waals surface area (Å²) in [6.45, 7) is 2.89. The number of urea groups is 1. The van der Waals surface area contributed by atoms with Crippen molar-refractivity contribution < 1.29 is 19.0 Å². The summed E-state index contributed by atoms with van der Waals surface area (Å²) >= 11 is 0. The Morgan fingerprint density at radius 3 is 2.73 bits per heavy atom. The van der Waals surface area contributed by atoms with Gasteiger partial charge >= 0.3 is 6.03 Å². The number of ether oxygens (including phenoxy) is 3. The number of hydrogen-bond donors (Lipinski definition) is 1. The number of benzene rings is 1. The van der Waals surface area contributed by atoms with Crippen molar-refractivity contribution in [3.05, 3.63) is 18.2 Å². The van der Waals surface area contributed by atoms with Gasteiger partial charge in [-0.3, -0.25) is 0 Å². The molecule has 0 radical (unpaired) electrons. The second-order valence-electron chi connectivity index (χ2n) is 5.50. The van der Waals surface area contributed by atoms with E-state index in [-0.39, 0.29) is 12.8 Å². The van der Waals surface area contributed by atoms with Crippen molar-refractivity contribution in [2.45, 2.75) is 25.7 Å². The summed E-state index contributed by atoms with van der Waals surface area (Å²) in [4.78, 5) is 13.9. The summed E-state index contributed by atoms with van der Waals surface area (Å²) in [6, 6.07) is 5.48. The van der Waals surface area contributed by atoms with Crippen LogP contribution in [0.5, 0.6) is 17.2 Å². The van der Waals surface area contributed by atoms with Gasteiger partial charge in [-0.2, -0.15) is 0 Å². The second-order valence-corrected chi connectivity index (χ2v) is 5.50. The molecule has 1 aromatic carbocycles. The Bertz CT molecular complexity index is 513. The Labute approximate surface area is 130 Å². The summed E-state index contributed by atoms with van der Waals surface area (Å²) in [5.41, 5.74) is 0. The number of nitrogens with zero attached hydrogens (tertiary/aromatic N) is 1. The van der Waals surface area contributed by atoms with Gasteiger partial charge in [0.2, 0.25) is 6.79 Å². The first kappa shape index (κ1) is 14.8. The molecule has 0 aromatic heterocycles. The molecule has 2 amide bonds. The van der Waals surface area contributed by atoms with E-state index in [4.69, 9.17) is 14.2 Å². The van der Waals surface area contributed by atoms with Gasteiger partial charge in [0.15, 0.2) is 11.5 Å². The third-order valence-electron chi connectivity index (χ3n) is 3.88. The number of hydrogen-bond acceptors (Lipinski definition) is 4. The molecule has 22 heavy (non-hydrogen) atoms. The average Bonchev–Trinajstić information content (AvgIpc) is 2.82. The smallest absolute Gasteiger partial charge is 0.317 e. The molecule has 0 unspecified atom stereocenters. The van der Waals surface area contributed by atoms with Crippen LogP contribution in [0.1, 0.15) is 25.7 Å². The van der Waals surface area contributed by atoms with Crippen LogP contribution in [0, 0.1) is 0 Å². The highest BCUT2D eigenvalue weighted by atomic mass is 16.7. The Hall–Kier alpha value is -2.11. The second kappa shape index (κ2) is 7.24. The zero-order chi connectivity index (χ0) is 15.2. The summed E-state index contributed by atoms with van der Waals surface area (Å²) in [6.07, 6.45) is 4.64. The van der Waals surface area contributed by atoms with Crippen LogP contribution in [0.4, 0.5) is 4.79 Å². The minimum absolute atomic E-state index is 0.0104. The van der Waals surface area contributed by atoms with Gasteiger partial charge < -0.3 is 24.4 Å². The zero-order valence-corrected chi connectivity index (χ0v) is 12.7. The van der Waals surface area contributed by atoms with Crippen LogP contribution in [0.3, 0.4) is 0 Å². The first-order chi connectivity index (χ1) is 10.8. The maximum absolute atomic E-state index is 12.0. The molecule has 6 heteroatoms. The molecule has 120 valence electrons. The molecule has 0 spiro atoms. The molecule has 0 saturated carbocycles. The molecule has 2 aliphatic rings. The van der Waals surface area contributed by atoms with Crippen LogP contribution >= 0.6 is 0 Å². The Morgan fingerprint density at radius 1 is 1.14 bits per heavy atom. The third kappa shape index (κ3) is 3.75. The van der Waals surface area contributed by atoms with Crippen molar-refractivity contribution >= 4 is 6.03 Å². The number of amides is 2. The van der Waals surface area contributed by atoms with E-state index in [0.717, 1.165) is 31.7 Å². The van der Waals surface area contributed by atoms with E-state index in [0.29, 0.717) is 24.7 Å². The number of carbonyl (C=O) groups excluding carboxylic acids is 1. The molecule has 3 rings (SSSR count). The fourth-order valence-electron chi connectivity index (χ4n) is 2.68. The lowest BCUT2D eigenvalue weighted by Gasteiger charge is -2.20. The first-order valence-corrected chi connectivity index (χ1v) is 7.88. The predicted molar refractivity (Wildman–Crippen MR) is 81.5 cm³/mol. The normalized spacial score (nSPS) is 17.0. The van der Waals surface area contributed by atoms with Crippen LogP contribution < -0.4 is 19.5 Å². The standard InChI is InChI=1S/C16H22N2O4/c19-16(18-8-3-1-2-4-9-18)17-7-10-20-13-5-6-14-15(11-13)22-12-21-14/h5-6,11H,1-4,7-10,12H2,(H,17,19). The Morgan fingerprint density at radius 2 is 1.91 bits per heavy atom. The lowest BCUT2D eigenvalue weighted by atomic mass is 10.2. The fraction of sp³-hybridized carbons (Fsp3) is 0.562. The summed E-state index contributed by atoms with van der Waals surface area (Å²) in [5.74, 6) is 2.15. The van der Waals surface area contributed by atoms with E-state index in [9.17, 15) is 4.79 Å². The van der Waals surface area contributed by atoms with Gasteiger partial charge in [-0.15, -0.1) is 0 Å². The highest BCUT2D eigenvalue weighted by Gasteiger charge is 2.15. The molecule has 1 aromatic rings. The van der Waals surface area contributed by atoms with E-state index in [1.165, 1.54) is 12.8 Å². The number of carbonyl (C=O) groups is 1. The SMILES string of the molecule is O=C(NCCOc1ccc2c(c1)OCO2)N1CCCCCC1. The monoisotopic (exact) mass is 306 g/mol. The molecule has 0 atom stereocenters. The number of rotatable bonds is 4. The quantitative estimate of drug-likeness (QED) is 0.868. The van der Waals surface area contributed by atoms with E-state index in [1.807, 2.05) is 17.0 Å². The fourth-order valence-corrected chi connectivity index (χ4v) is 2.68. The van der Waals surface area contributed by atoms with Crippen LogP contribution in [0.25, 0.3) is 0 Å². The molecular weight excluding hydrogens is 284 g/mol. The van der Waals surface area contributed by atoms with Crippen molar-refractivity contribution in [1.82, 2.24) is 10.2 Å². The van der Waals surface area contributed by atoms with E-state index < -0.39 is 0 Å². The molecular formula is C16H22N2O4. The summed E-state index contributed by atoms with van der Waals surface area (Å²) < 4.78 is 16.2. The van der Waals surface area contributed by atoms with Gasteiger partial charge in [-0.1, -0.05) is 12.8 Å². The van der Waals surface area contributed by atoms with Crippen LogP contribution in [-0.4, -0.2) is 44.0 Å². The molecule has 1 saturated heterocycles. The Balaban J connectivity index is 1.39. The molecule has 6 nitrogen and oxygen atoms in total. The lowest BCUT2D eigenvalue weighted by molar-refractivity contribution is 0.173. The molecule has 1 N–H and O–H groups in total. The third-order valence-corrected chi connectivity index (χ3v) is 3.88. The van der Waals surface area contributed by atoms with Gasteiger partial charge in [-0.05, 0) is 25.0 Å². The summed E-state index contributed by atoms with van der Waals surface area (Å²) in [5, 5.41) is 2.91. The van der Waals surface area contributed by atoms with Crippen LogP contribution in [0.15, 0.2) is 18.2 Å². The maximum atomic E-state index is 12.0. The van der Waals surface area contributed by atoms with Gasteiger partial charge in [0, 0.05) is 19.2 Å². The average molecular weight is 306 g/mol. The zero-order valence-electron chi connectivity index (χ0n) is 12.7. The maximum Gasteiger partial charge on any atom is 0.317 e. The molecule has 0 bridgehead atoms. The predicted octanol–water partition coefficient (Wildman–Crippen LogP) is 2.38. The van der Waals surface area contributed by atoms with E-state index in [1.54, 1.807) is 6.07 Å². The molecule has 2 aliphatic heterocycles. The van der Waals surface area contributed by atoms with E-state index >= 15 is 0 Å². The number of nitrogens with one attached hydrogen (secondary N) is 1. The van der Waals surface area contributed by atoms with Gasteiger partial charge in [-0.25, -0.2) is 4.79 Å². The van der Waals surface area contributed by atoms with Crippen LogP contribution in [0.2, 0.25) is 0 Å². The minimum Gasteiger partial charge on any atom is -0.492 e. The van der Waals surface area contributed by atoms with Crippen molar-refractivity contribution in [1.29, 1.82) is 0 Å². The van der Waals surface area contributed by atoms with Crippen LogP contribution in [-0.2, 0) is 0 Å². The van der Waals surface area contributed by atoms with Crippen molar-refractivity contribution in [2.24, 2.45) is 0 Å². The topological polar surface area (TPSA) is 60.0 Å². The van der Waals surface area contributed by atoms with E-state index in [2.05, 4.69) is 5.32 Å². The van der Waals surface area contributed by atoms with Gasteiger partial charge in [0.1, 0.15) is 12.4 Å². The Kier molecular flexibility index (Phi) is 4.88. The summed E-state index contributed by atoms with van der Waals surface area (Å²) in [7, 11) is 0. The van der Waals surface area contributed by atoms with Crippen molar-refractivity contribution in [3.63, 3.8) is 0 Å². The first-order valence-electron chi connectivity index (χ1n) is 7.88. The van der Waals surface area contributed by atoms with Crippen molar-refractivity contribution in [3.8, 4) is 17.2 Å². The van der Waals surface area contributed by atoms with Gasteiger partial charge in [0.25, 0.3) is 0 Å².